The lowest BCUT2D eigenvalue weighted by atomic mass is 10.2. The lowest BCUT2D eigenvalue weighted by Gasteiger charge is -2.23. The van der Waals surface area contributed by atoms with Gasteiger partial charge >= 0.3 is 0 Å². The molecule has 30 heavy (non-hydrogen) atoms. The Balaban J connectivity index is 1.93. The summed E-state index contributed by atoms with van der Waals surface area (Å²) in [5.74, 6) is -0.0605. The largest absolute Gasteiger partial charge is 0.307 e. The number of anilines is 2. The topological polar surface area (TPSA) is 79.4 Å². The van der Waals surface area contributed by atoms with Crippen LogP contribution < -0.4 is 9.62 Å². The Bertz CT molecular complexity index is 1180. The molecule has 3 aromatic rings. The Morgan fingerprint density at radius 2 is 1.90 bits per heavy atom. The molecule has 0 aliphatic heterocycles. The number of pyridine rings is 1. The number of carbonyl (C=O) groups excluding carboxylic acids is 1. The van der Waals surface area contributed by atoms with Gasteiger partial charge < -0.3 is 5.32 Å². The van der Waals surface area contributed by atoms with E-state index < -0.39 is 15.9 Å². The zero-order valence-corrected chi connectivity index (χ0v) is 17.8. The van der Waals surface area contributed by atoms with Crippen molar-refractivity contribution in [3.05, 3.63) is 95.7 Å². The minimum atomic E-state index is -3.94. The third-order valence-electron chi connectivity index (χ3n) is 4.25. The minimum absolute atomic E-state index is 0.0100. The van der Waals surface area contributed by atoms with Crippen molar-refractivity contribution in [1.82, 2.24) is 4.98 Å². The first-order chi connectivity index (χ1) is 14.3. The van der Waals surface area contributed by atoms with Gasteiger partial charge in [-0.05, 0) is 67.1 Å². The van der Waals surface area contributed by atoms with Crippen molar-refractivity contribution in [2.45, 2.75) is 11.8 Å². The maximum atomic E-state index is 13.3. The third kappa shape index (κ3) is 4.87. The first-order valence-electron chi connectivity index (χ1n) is 9.04. The van der Waals surface area contributed by atoms with E-state index in [9.17, 15) is 13.2 Å². The van der Waals surface area contributed by atoms with Crippen molar-refractivity contribution in [1.29, 1.82) is 0 Å². The van der Waals surface area contributed by atoms with Crippen LogP contribution in [0, 0.1) is 6.92 Å². The first-order valence-corrected chi connectivity index (χ1v) is 10.9. The van der Waals surface area contributed by atoms with Crippen LogP contribution in [-0.2, 0) is 10.0 Å². The van der Waals surface area contributed by atoms with E-state index in [2.05, 4.69) is 16.9 Å². The number of carbonyl (C=O) groups is 1. The molecular weight excluding hydrogens is 422 g/mol. The fraction of sp³-hybridized carbons (Fsp3) is 0.0909. The van der Waals surface area contributed by atoms with Gasteiger partial charge in [-0.2, -0.15) is 0 Å². The molecule has 3 rings (SSSR count). The van der Waals surface area contributed by atoms with E-state index in [0.29, 0.717) is 16.5 Å². The van der Waals surface area contributed by atoms with Crippen LogP contribution >= 0.6 is 11.6 Å². The van der Waals surface area contributed by atoms with E-state index in [1.54, 1.807) is 42.6 Å². The van der Waals surface area contributed by atoms with E-state index in [-0.39, 0.29) is 17.0 Å². The second kappa shape index (κ2) is 9.11. The summed E-state index contributed by atoms with van der Waals surface area (Å²) < 4.78 is 27.8. The summed E-state index contributed by atoms with van der Waals surface area (Å²) in [5.41, 5.74) is 1.59. The van der Waals surface area contributed by atoms with Crippen molar-refractivity contribution in [2.24, 2.45) is 0 Å². The molecule has 0 radical (unpaired) electrons. The smallest absolute Gasteiger partial charge is 0.264 e. The summed E-state index contributed by atoms with van der Waals surface area (Å²) in [4.78, 5) is 16.7. The van der Waals surface area contributed by atoms with Crippen LogP contribution in [0.5, 0.6) is 0 Å². The second-order valence-corrected chi connectivity index (χ2v) is 8.80. The maximum absolute atomic E-state index is 13.3. The number of benzene rings is 2. The summed E-state index contributed by atoms with van der Waals surface area (Å²) in [6.45, 7) is 5.59. The van der Waals surface area contributed by atoms with E-state index in [4.69, 9.17) is 11.6 Å². The third-order valence-corrected chi connectivity index (χ3v) is 6.29. The van der Waals surface area contributed by atoms with Crippen LogP contribution in [-0.4, -0.2) is 25.9 Å². The quantitative estimate of drug-likeness (QED) is 0.540. The molecule has 2 aromatic carbocycles. The number of rotatable bonds is 7. The molecule has 0 fully saturated rings. The van der Waals surface area contributed by atoms with E-state index in [1.807, 2.05) is 13.0 Å². The number of nitrogens with one attached hydrogen (secondary N) is 1. The van der Waals surface area contributed by atoms with E-state index >= 15 is 0 Å². The van der Waals surface area contributed by atoms with Gasteiger partial charge in [0.05, 0.1) is 17.1 Å². The average Bonchev–Trinajstić information content (AvgIpc) is 2.73. The van der Waals surface area contributed by atoms with Crippen LogP contribution in [0.2, 0.25) is 5.02 Å². The number of amides is 1. The van der Waals surface area contributed by atoms with E-state index in [1.165, 1.54) is 28.6 Å². The van der Waals surface area contributed by atoms with Gasteiger partial charge in [0.15, 0.2) is 0 Å². The van der Waals surface area contributed by atoms with Gasteiger partial charge in [-0.1, -0.05) is 23.7 Å². The monoisotopic (exact) mass is 441 g/mol. The highest BCUT2D eigenvalue weighted by Gasteiger charge is 2.25. The van der Waals surface area contributed by atoms with Gasteiger partial charge in [-0.25, -0.2) is 13.4 Å². The molecular formula is C22H20ClN3O3S. The SMILES string of the molecule is C=CCN(c1ccc(Cl)cc1)S(=O)(=O)c1cccc(C(=O)Nc2cc(C)ccn2)c1. The number of nitrogens with zero attached hydrogens (tertiary/aromatic N) is 2. The van der Waals surface area contributed by atoms with Gasteiger partial charge in [0, 0.05) is 16.8 Å². The van der Waals surface area contributed by atoms with Gasteiger partial charge in [0.25, 0.3) is 15.9 Å². The summed E-state index contributed by atoms with van der Waals surface area (Å²) in [6.07, 6.45) is 3.08. The molecule has 0 aliphatic rings. The molecule has 0 saturated carbocycles. The van der Waals surface area contributed by atoms with Crippen molar-refractivity contribution in [3.63, 3.8) is 0 Å². The molecule has 0 saturated heterocycles. The number of hydrogen-bond acceptors (Lipinski definition) is 4. The van der Waals surface area contributed by atoms with Crippen LogP contribution in [0.15, 0.2) is 84.4 Å². The summed E-state index contributed by atoms with van der Waals surface area (Å²) in [5, 5.41) is 3.18. The Morgan fingerprint density at radius 1 is 1.17 bits per heavy atom. The number of aryl methyl sites for hydroxylation is 1. The normalized spacial score (nSPS) is 11.0. The highest BCUT2D eigenvalue weighted by atomic mass is 35.5. The molecule has 1 amide bonds. The number of hydrogen-bond donors (Lipinski definition) is 1. The molecule has 1 heterocycles. The summed E-state index contributed by atoms with van der Waals surface area (Å²) in [7, 11) is -3.94. The fourth-order valence-corrected chi connectivity index (χ4v) is 4.39. The molecule has 1 N–H and O–H groups in total. The lowest BCUT2D eigenvalue weighted by Crippen LogP contribution is -2.31. The van der Waals surface area contributed by atoms with E-state index in [0.717, 1.165) is 5.56 Å². The number of aromatic nitrogens is 1. The standard InChI is InChI=1S/C22H20ClN3O3S/c1-3-13-26(19-9-7-18(23)8-10-19)30(28,29)20-6-4-5-17(15-20)22(27)25-21-14-16(2)11-12-24-21/h3-12,14-15H,1,13H2,2H3,(H,24,25,27). The van der Waals surface area contributed by atoms with Crippen molar-refractivity contribution in [3.8, 4) is 0 Å². The molecule has 0 atom stereocenters. The molecule has 8 heteroatoms. The van der Waals surface area contributed by atoms with Gasteiger partial charge in [0.1, 0.15) is 5.82 Å². The first kappa shape index (κ1) is 21.5. The molecule has 6 nitrogen and oxygen atoms in total. The highest BCUT2D eigenvalue weighted by Crippen LogP contribution is 2.26. The Hall–Kier alpha value is -3.16. The predicted octanol–water partition coefficient (Wildman–Crippen LogP) is 4.68. The van der Waals surface area contributed by atoms with Gasteiger partial charge in [-0.3, -0.25) is 9.10 Å². The molecule has 1 aromatic heterocycles. The second-order valence-electron chi connectivity index (χ2n) is 6.50. The van der Waals surface area contributed by atoms with Gasteiger partial charge in [-0.15, -0.1) is 6.58 Å². The summed E-state index contributed by atoms with van der Waals surface area (Å²) >= 11 is 5.92. The maximum Gasteiger partial charge on any atom is 0.264 e. The Kier molecular flexibility index (Phi) is 6.54. The molecule has 0 unspecified atom stereocenters. The van der Waals surface area contributed by atoms with Crippen molar-refractivity contribution in [2.75, 3.05) is 16.2 Å². The highest BCUT2D eigenvalue weighted by molar-refractivity contribution is 7.92. The lowest BCUT2D eigenvalue weighted by molar-refractivity contribution is 0.102. The predicted molar refractivity (Wildman–Crippen MR) is 120 cm³/mol. The average molecular weight is 442 g/mol. The Morgan fingerprint density at radius 3 is 2.57 bits per heavy atom. The van der Waals surface area contributed by atoms with Crippen LogP contribution in [0.3, 0.4) is 0 Å². The van der Waals surface area contributed by atoms with Crippen LogP contribution in [0.1, 0.15) is 15.9 Å². The molecule has 0 aliphatic carbocycles. The van der Waals surface area contributed by atoms with Crippen LogP contribution in [0.25, 0.3) is 0 Å². The van der Waals surface area contributed by atoms with Gasteiger partial charge in [0.2, 0.25) is 0 Å². The zero-order chi connectivity index (χ0) is 21.7. The Labute approximate surface area is 180 Å². The van der Waals surface area contributed by atoms with Crippen LogP contribution in [0.4, 0.5) is 11.5 Å². The number of sulfonamides is 1. The molecule has 0 bridgehead atoms. The zero-order valence-electron chi connectivity index (χ0n) is 16.2. The van der Waals surface area contributed by atoms with Crippen molar-refractivity contribution < 1.29 is 13.2 Å². The number of halogens is 1. The fourth-order valence-electron chi connectivity index (χ4n) is 2.78. The minimum Gasteiger partial charge on any atom is -0.307 e. The van der Waals surface area contributed by atoms with Crippen molar-refractivity contribution >= 4 is 39.0 Å². The summed E-state index contributed by atoms with van der Waals surface area (Å²) in [6, 6.07) is 15.9. The molecule has 154 valence electrons. The molecule has 0 spiro atoms.